The van der Waals surface area contributed by atoms with Crippen LogP contribution in [-0.2, 0) is 4.79 Å². The molecule has 0 heterocycles. The van der Waals surface area contributed by atoms with Crippen molar-refractivity contribution in [3.63, 3.8) is 0 Å². The SMILES string of the molecule is CCNC(=O)C1=C(C2CCCC2)c2ccccc2C1=O. The van der Waals surface area contributed by atoms with Crippen molar-refractivity contribution in [1.82, 2.24) is 5.32 Å². The normalized spacial score (nSPS) is 18.6. The molecule has 3 nitrogen and oxygen atoms in total. The van der Waals surface area contributed by atoms with Crippen LogP contribution >= 0.6 is 0 Å². The highest BCUT2D eigenvalue weighted by Gasteiger charge is 2.37. The number of allylic oxidation sites excluding steroid dienone is 1. The highest BCUT2D eigenvalue weighted by Crippen LogP contribution is 2.44. The zero-order valence-electron chi connectivity index (χ0n) is 11.7. The number of benzene rings is 1. The molecule has 1 fully saturated rings. The standard InChI is InChI=1S/C17H19NO2/c1-2-18-17(20)15-14(11-7-3-4-8-11)12-9-5-6-10-13(12)16(15)19/h5-6,9-11H,2-4,7-8H2,1H3,(H,18,20). The molecular weight excluding hydrogens is 250 g/mol. The van der Waals surface area contributed by atoms with Crippen LogP contribution in [0.4, 0.5) is 0 Å². The molecule has 1 saturated carbocycles. The number of fused-ring (bicyclic) bond motifs is 1. The number of nitrogens with one attached hydrogen (secondary N) is 1. The monoisotopic (exact) mass is 269 g/mol. The fraction of sp³-hybridized carbons (Fsp3) is 0.412. The minimum absolute atomic E-state index is 0.103. The summed E-state index contributed by atoms with van der Waals surface area (Å²) in [5.74, 6) is 0.0456. The topological polar surface area (TPSA) is 46.2 Å². The zero-order valence-corrected chi connectivity index (χ0v) is 11.7. The van der Waals surface area contributed by atoms with Crippen LogP contribution in [0.3, 0.4) is 0 Å². The Labute approximate surface area is 119 Å². The van der Waals surface area contributed by atoms with Gasteiger partial charge in [-0.1, -0.05) is 37.1 Å². The summed E-state index contributed by atoms with van der Waals surface area (Å²) < 4.78 is 0. The summed E-state index contributed by atoms with van der Waals surface area (Å²) in [6.07, 6.45) is 4.54. The molecule has 104 valence electrons. The van der Waals surface area contributed by atoms with E-state index in [1.807, 2.05) is 31.2 Å². The second kappa shape index (κ2) is 5.23. The van der Waals surface area contributed by atoms with Crippen LogP contribution in [0.25, 0.3) is 5.57 Å². The number of carbonyl (C=O) groups is 2. The molecular formula is C17H19NO2. The number of likely N-dealkylation sites (N-methyl/N-ethyl adjacent to an activating group) is 1. The first-order valence-electron chi connectivity index (χ1n) is 7.40. The molecule has 0 atom stereocenters. The quantitative estimate of drug-likeness (QED) is 0.857. The van der Waals surface area contributed by atoms with E-state index in [4.69, 9.17) is 0 Å². The molecule has 0 bridgehead atoms. The Morgan fingerprint density at radius 2 is 1.85 bits per heavy atom. The van der Waals surface area contributed by atoms with Gasteiger partial charge in [-0.2, -0.15) is 0 Å². The number of carbonyl (C=O) groups excluding carboxylic acids is 2. The highest BCUT2D eigenvalue weighted by molar-refractivity contribution is 6.34. The molecule has 0 spiro atoms. The predicted molar refractivity (Wildman–Crippen MR) is 78.3 cm³/mol. The van der Waals surface area contributed by atoms with Crippen molar-refractivity contribution in [2.75, 3.05) is 6.54 Å². The van der Waals surface area contributed by atoms with Crippen molar-refractivity contribution in [2.24, 2.45) is 5.92 Å². The van der Waals surface area contributed by atoms with Crippen molar-refractivity contribution < 1.29 is 9.59 Å². The van der Waals surface area contributed by atoms with Gasteiger partial charge in [0.05, 0.1) is 5.57 Å². The average Bonchev–Trinajstić information content (AvgIpc) is 3.06. The fourth-order valence-corrected chi connectivity index (χ4v) is 3.42. The Hall–Kier alpha value is -1.90. The van der Waals surface area contributed by atoms with E-state index in [1.165, 1.54) is 12.8 Å². The molecule has 1 N–H and O–H groups in total. The first-order chi connectivity index (χ1) is 9.74. The third kappa shape index (κ3) is 1.98. The van der Waals surface area contributed by atoms with Gasteiger partial charge >= 0.3 is 0 Å². The summed E-state index contributed by atoms with van der Waals surface area (Å²) >= 11 is 0. The summed E-state index contributed by atoms with van der Waals surface area (Å²) in [5.41, 5.74) is 3.05. The van der Waals surface area contributed by atoms with Gasteiger partial charge in [0.1, 0.15) is 0 Å². The number of ketones is 1. The van der Waals surface area contributed by atoms with Crippen molar-refractivity contribution in [3.8, 4) is 0 Å². The van der Waals surface area contributed by atoms with Crippen molar-refractivity contribution in [2.45, 2.75) is 32.6 Å². The molecule has 2 aliphatic rings. The number of amides is 1. The van der Waals surface area contributed by atoms with Gasteiger partial charge in [0, 0.05) is 12.1 Å². The average molecular weight is 269 g/mol. The van der Waals surface area contributed by atoms with Gasteiger partial charge in [0.15, 0.2) is 5.78 Å². The van der Waals surface area contributed by atoms with Gasteiger partial charge in [0.25, 0.3) is 5.91 Å². The molecule has 3 heteroatoms. The molecule has 0 unspecified atom stereocenters. The Balaban J connectivity index is 2.12. The van der Waals surface area contributed by atoms with Crippen molar-refractivity contribution in [3.05, 3.63) is 41.0 Å². The second-order valence-corrected chi connectivity index (χ2v) is 5.50. The summed E-state index contributed by atoms with van der Waals surface area (Å²) in [7, 11) is 0. The molecule has 20 heavy (non-hydrogen) atoms. The van der Waals surface area contributed by atoms with E-state index in [2.05, 4.69) is 5.32 Å². The van der Waals surface area contributed by atoms with Crippen LogP contribution < -0.4 is 5.32 Å². The number of rotatable bonds is 3. The maximum Gasteiger partial charge on any atom is 0.255 e. The smallest absolute Gasteiger partial charge is 0.255 e. The van der Waals surface area contributed by atoms with E-state index in [0.29, 0.717) is 23.6 Å². The predicted octanol–water partition coefficient (Wildman–Crippen LogP) is 2.96. The lowest BCUT2D eigenvalue weighted by Crippen LogP contribution is -2.27. The molecule has 0 aromatic heterocycles. The Kier molecular flexibility index (Phi) is 3.43. The van der Waals surface area contributed by atoms with Gasteiger partial charge in [-0.05, 0) is 36.8 Å². The summed E-state index contributed by atoms with van der Waals surface area (Å²) in [4.78, 5) is 24.9. The molecule has 0 saturated heterocycles. The molecule has 2 aliphatic carbocycles. The first-order valence-corrected chi connectivity index (χ1v) is 7.40. The molecule has 1 amide bonds. The van der Waals surface area contributed by atoms with Crippen molar-refractivity contribution in [1.29, 1.82) is 0 Å². The van der Waals surface area contributed by atoms with Crippen LogP contribution in [0, 0.1) is 5.92 Å². The number of hydrogen-bond donors (Lipinski definition) is 1. The van der Waals surface area contributed by atoms with Gasteiger partial charge in [-0.15, -0.1) is 0 Å². The van der Waals surface area contributed by atoms with Crippen LogP contribution in [0.5, 0.6) is 0 Å². The van der Waals surface area contributed by atoms with Gasteiger partial charge in [0.2, 0.25) is 0 Å². The summed E-state index contributed by atoms with van der Waals surface area (Å²) in [5, 5.41) is 2.79. The Bertz CT molecular complexity index is 595. The highest BCUT2D eigenvalue weighted by atomic mass is 16.2. The van der Waals surface area contributed by atoms with E-state index in [0.717, 1.165) is 24.0 Å². The van der Waals surface area contributed by atoms with Crippen LogP contribution in [-0.4, -0.2) is 18.2 Å². The van der Waals surface area contributed by atoms with Gasteiger partial charge < -0.3 is 5.32 Å². The van der Waals surface area contributed by atoms with Crippen LogP contribution in [0.1, 0.15) is 48.5 Å². The van der Waals surface area contributed by atoms with E-state index >= 15 is 0 Å². The summed E-state index contributed by atoms with van der Waals surface area (Å²) in [6, 6.07) is 7.62. The van der Waals surface area contributed by atoms with Crippen molar-refractivity contribution >= 4 is 17.3 Å². The second-order valence-electron chi connectivity index (χ2n) is 5.50. The molecule has 3 rings (SSSR count). The molecule has 1 aromatic carbocycles. The maximum atomic E-state index is 12.6. The van der Waals surface area contributed by atoms with Crippen LogP contribution in [0.2, 0.25) is 0 Å². The number of Topliss-reactive ketones (excluding diaryl/α,β-unsaturated/α-hetero) is 1. The lowest BCUT2D eigenvalue weighted by atomic mass is 9.90. The fourth-order valence-electron chi connectivity index (χ4n) is 3.42. The van der Waals surface area contributed by atoms with E-state index in [1.54, 1.807) is 0 Å². The molecule has 1 aromatic rings. The summed E-state index contributed by atoms with van der Waals surface area (Å²) in [6.45, 7) is 2.42. The van der Waals surface area contributed by atoms with E-state index in [9.17, 15) is 9.59 Å². The Morgan fingerprint density at radius 1 is 1.20 bits per heavy atom. The first kappa shape index (κ1) is 13.1. The molecule has 0 aliphatic heterocycles. The van der Waals surface area contributed by atoms with Crippen LogP contribution in [0.15, 0.2) is 29.8 Å². The maximum absolute atomic E-state index is 12.6. The lowest BCUT2D eigenvalue weighted by Gasteiger charge is -2.14. The lowest BCUT2D eigenvalue weighted by molar-refractivity contribution is -0.117. The molecule has 0 radical (unpaired) electrons. The zero-order chi connectivity index (χ0) is 14.1. The minimum atomic E-state index is -0.212. The Morgan fingerprint density at radius 3 is 2.50 bits per heavy atom. The van der Waals surface area contributed by atoms with E-state index in [-0.39, 0.29) is 11.7 Å². The largest absolute Gasteiger partial charge is 0.352 e. The van der Waals surface area contributed by atoms with Gasteiger partial charge in [-0.3, -0.25) is 9.59 Å². The van der Waals surface area contributed by atoms with Gasteiger partial charge in [-0.25, -0.2) is 0 Å². The third-order valence-corrected chi connectivity index (χ3v) is 4.29. The third-order valence-electron chi connectivity index (χ3n) is 4.29. The number of hydrogen-bond acceptors (Lipinski definition) is 2. The minimum Gasteiger partial charge on any atom is -0.352 e. The van der Waals surface area contributed by atoms with E-state index < -0.39 is 0 Å².